The molecule has 0 saturated heterocycles. The molecule has 6 nitrogen and oxygen atoms in total. The first-order chi connectivity index (χ1) is 12.9. The van der Waals surface area contributed by atoms with E-state index in [0.29, 0.717) is 22.6 Å². The van der Waals surface area contributed by atoms with E-state index < -0.39 is 10.0 Å². The third kappa shape index (κ3) is 3.46. The third-order valence-corrected chi connectivity index (χ3v) is 7.48. The van der Waals surface area contributed by atoms with Crippen LogP contribution in [-0.2, 0) is 17.1 Å². The highest BCUT2D eigenvalue weighted by Gasteiger charge is 2.23. The number of rotatable bonds is 7. The van der Waals surface area contributed by atoms with Crippen LogP contribution in [0.1, 0.15) is 24.2 Å². The standard InChI is InChI=1S/C19H21N3O3S2/c1-4-26-22(27(24,25)5-2)15-10-14(11-20-12-15)19-17(13-23)16-8-6-7-9-18(16)21(19)3/h6-13H,4-5H2,1-3H3. The lowest BCUT2D eigenvalue weighted by molar-refractivity contribution is 0.112. The first kappa shape index (κ1) is 19.4. The molecule has 8 heteroatoms. The molecule has 0 aliphatic heterocycles. The summed E-state index contributed by atoms with van der Waals surface area (Å²) in [7, 11) is -1.56. The number of carbonyl (C=O) groups is 1. The van der Waals surface area contributed by atoms with E-state index in [4.69, 9.17) is 0 Å². The highest BCUT2D eigenvalue weighted by atomic mass is 32.3. The quantitative estimate of drug-likeness (QED) is 0.442. The monoisotopic (exact) mass is 403 g/mol. The Kier molecular flexibility index (Phi) is 5.57. The molecule has 3 aromatic rings. The molecule has 0 saturated carbocycles. The molecule has 0 spiro atoms. The van der Waals surface area contributed by atoms with Crippen molar-refractivity contribution in [3.8, 4) is 11.3 Å². The molecule has 0 aliphatic rings. The maximum atomic E-state index is 12.5. The highest BCUT2D eigenvalue weighted by molar-refractivity contribution is 8.14. The summed E-state index contributed by atoms with van der Waals surface area (Å²) < 4.78 is 28.2. The molecule has 0 N–H and O–H groups in total. The molecule has 27 heavy (non-hydrogen) atoms. The number of hydrogen-bond donors (Lipinski definition) is 0. The summed E-state index contributed by atoms with van der Waals surface area (Å²) in [6.07, 6.45) is 4.02. The normalized spacial score (nSPS) is 11.7. The molecule has 0 fully saturated rings. The van der Waals surface area contributed by atoms with Crippen molar-refractivity contribution in [3.05, 3.63) is 48.3 Å². The van der Waals surface area contributed by atoms with Crippen LogP contribution in [0.5, 0.6) is 0 Å². The van der Waals surface area contributed by atoms with Crippen molar-refractivity contribution in [2.45, 2.75) is 13.8 Å². The fourth-order valence-electron chi connectivity index (χ4n) is 3.10. The van der Waals surface area contributed by atoms with Gasteiger partial charge < -0.3 is 4.57 Å². The maximum Gasteiger partial charge on any atom is 0.244 e. The second-order valence-electron chi connectivity index (χ2n) is 5.93. The van der Waals surface area contributed by atoms with Crippen LogP contribution in [0.2, 0.25) is 0 Å². The van der Waals surface area contributed by atoms with E-state index >= 15 is 0 Å². The molecule has 3 rings (SSSR count). The smallest absolute Gasteiger partial charge is 0.244 e. The fourth-order valence-corrected chi connectivity index (χ4v) is 5.51. The van der Waals surface area contributed by atoms with E-state index in [1.165, 1.54) is 21.9 Å². The summed E-state index contributed by atoms with van der Waals surface area (Å²) in [5.74, 6) is 0.606. The maximum absolute atomic E-state index is 12.5. The van der Waals surface area contributed by atoms with E-state index in [9.17, 15) is 13.2 Å². The fraction of sp³-hybridized carbons (Fsp3) is 0.263. The number of para-hydroxylation sites is 1. The summed E-state index contributed by atoms with van der Waals surface area (Å²) in [5, 5.41) is 0.858. The van der Waals surface area contributed by atoms with Crippen LogP contribution >= 0.6 is 11.9 Å². The lowest BCUT2D eigenvalue weighted by atomic mass is 10.1. The minimum atomic E-state index is -3.44. The Balaban J connectivity index is 2.21. The molecule has 0 bridgehead atoms. The number of aromatic nitrogens is 2. The summed E-state index contributed by atoms with van der Waals surface area (Å²) in [6, 6.07) is 9.43. The van der Waals surface area contributed by atoms with E-state index in [1.54, 1.807) is 19.2 Å². The van der Waals surface area contributed by atoms with Gasteiger partial charge in [-0.3, -0.25) is 9.78 Å². The van der Waals surface area contributed by atoms with Crippen LogP contribution in [-0.4, -0.2) is 35.8 Å². The summed E-state index contributed by atoms with van der Waals surface area (Å²) in [6.45, 7) is 3.51. The number of fused-ring (bicyclic) bond motifs is 1. The molecule has 0 atom stereocenters. The number of aryl methyl sites for hydroxylation is 1. The number of aldehydes is 1. The van der Waals surface area contributed by atoms with Crippen LogP contribution in [0.3, 0.4) is 0 Å². The minimum absolute atomic E-state index is 0.00213. The van der Waals surface area contributed by atoms with Crippen LogP contribution in [0.15, 0.2) is 42.7 Å². The van der Waals surface area contributed by atoms with Gasteiger partial charge in [0.25, 0.3) is 0 Å². The van der Waals surface area contributed by atoms with Crippen molar-refractivity contribution in [1.29, 1.82) is 0 Å². The predicted octanol–water partition coefficient (Wildman–Crippen LogP) is 3.88. The number of sulfonamides is 1. The Morgan fingerprint density at radius 2 is 1.96 bits per heavy atom. The van der Waals surface area contributed by atoms with Gasteiger partial charge in [0.2, 0.25) is 10.0 Å². The van der Waals surface area contributed by atoms with Gasteiger partial charge in [-0.2, -0.15) is 0 Å². The first-order valence-corrected chi connectivity index (χ1v) is 11.1. The zero-order valence-corrected chi connectivity index (χ0v) is 17.0. The molecule has 0 aliphatic carbocycles. The van der Waals surface area contributed by atoms with Gasteiger partial charge in [-0.25, -0.2) is 12.1 Å². The molecule has 142 valence electrons. The van der Waals surface area contributed by atoms with Crippen LogP contribution in [0, 0.1) is 0 Å². The first-order valence-electron chi connectivity index (χ1n) is 8.58. The highest BCUT2D eigenvalue weighted by Crippen LogP contribution is 2.34. The van der Waals surface area contributed by atoms with Gasteiger partial charge in [-0.05, 0) is 31.0 Å². The van der Waals surface area contributed by atoms with Gasteiger partial charge in [-0.1, -0.05) is 25.1 Å². The Morgan fingerprint density at radius 3 is 2.63 bits per heavy atom. The molecule has 1 aromatic carbocycles. The second kappa shape index (κ2) is 7.74. The summed E-state index contributed by atoms with van der Waals surface area (Å²) in [5.41, 5.74) is 3.39. The predicted molar refractivity (Wildman–Crippen MR) is 112 cm³/mol. The van der Waals surface area contributed by atoms with E-state index in [0.717, 1.165) is 22.9 Å². The number of anilines is 1. The molecule has 2 aromatic heterocycles. The van der Waals surface area contributed by atoms with Crippen LogP contribution in [0.25, 0.3) is 22.2 Å². The van der Waals surface area contributed by atoms with Crippen molar-refractivity contribution in [2.75, 3.05) is 15.2 Å². The van der Waals surface area contributed by atoms with Gasteiger partial charge in [0, 0.05) is 41.0 Å². The van der Waals surface area contributed by atoms with Crippen molar-refractivity contribution in [1.82, 2.24) is 9.55 Å². The van der Waals surface area contributed by atoms with Crippen molar-refractivity contribution < 1.29 is 13.2 Å². The Hall–Kier alpha value is -2.32. The van der Waals surface area contributed by atoms with Crippen LogP contribution in [0.4, 0.5) is 5.69 Å². The number of carbonyl (C=O) groups excluding carboxylic acids is 1. The second-order valence-corrected chi connectivity index (χ2v) is 9.47. The lowest BCUT2D eigenvalue weighted by Crippen LogP contribution is -2.26. The Morgan fingerprint density at radius 1 is 1.22 bits per heavy atom. The third-order valence-electron chi connectivity index (χ3n) is 4.34. The van der Waals surface area contributed by atoms with E-state index in [2.05, 4.69) is 4.98 Å². The minimum Gasteiger partial charge on any atom is -0.343 e. The number of hydrogen-bond acceptors (Lipinski definition) is 5. The van der Waals surface area contributed by atoms with Gasteiger partial charge in [-0.15, -0.1) is 0 Å². The Bertz CT molecular complexity index is 1090. The topological polar surface area (TPSA) is 72.3 Å². The number of benzene rings is 1. The number of pyridine rings is 1. The van der Waals surface area contributed by atoms with Gasteiger partial charge in [0.15, 0.2) is 6.29 Å². The molecule has 2 heterocycles. The van der Waals surface area contributed by atoms with E-state index in [1.807, 2.05) is 42.8 Å². The average Bonchev–Trinajstić information content (AvgIpc) is 2.98. The lowest BCUT2D eigenvalue weighted by Gasteiger charge is -2.22. The molecule has 0 unspecified atom stereocenters. The summed E-state index contributed by atoms with van der Waals surface area (Å²) >= 11 is 1.21. The molecular formula is C19H21N3O3S2. The average molecular weight is 404 g/mol. The SMILES string of the molecule is CCSN(c1cncc(-c2c(C=O)c3ccccc3n2C)c1)S(=O)(=O)CC. The largest absolute Gasteiger partial charge is 0.343 e. The van der Waals surface area contributed by atoms with Gasteiger partial charge in [0.05, 0.1) is 23.3 Å². The van der Waals surface area contributed by atoms with E-state index in [-0.39, 0.29) is 5.75 Å². The van der Waals surface area contributed by atoms with Gasteiger partial charge >= 0.3 is 0 Å². The Labute approximate surface area is 163 Å². The van der Waals surface area contributed by atoms with Crippen molar-refractivity contribution >= 4 is 44.8 Å². The van der Waals surface area contributed by atoms with Gasteiger partial charge in [0.1, 0.15) is 0 Å². The van der Waals surface area contributed by atoms with Crippen molar-refractivity contribution in [2.24, 2.45) is 7.05 Å². The van der Waals surface area contributed by atoms with Crippen molar-refractivity contribution in [3.63, 3.8) is 0 Å². The molecule has 0 radical (unpaired) electrons. The summed E-state index contributed by atoms with van der Waals surface area (Å²) in [4.78, 5) is 16.1. The number of nitrogens with zero attached hydrogens (tertiary/aromatic N) is 3. The zero-order valence-electron chi connectivity index (χ0n) is 15.4. The molecule has 0 amide bonds. The zero-order chi connectivity index (χ0) is 19.6. The molecular weight excluding hydrogens is 382 g/mol. The van der Waals surface area contributed by atoms with Crippen LogP contribution < -0.4 is 3.71 Å².